The summed E-state index contributed by atoms with van der Waals surface area (Å²) in [4.78, 5) is 2.50. The fourth-order valence-corrected chi connectivity index (χ4v) is 3.78. The van der Waals surface area contributed by atoms with Gasteiger partial charge in [0.15, 0.2) is 0 Å². The van der Waals surface area contributed by atoms with Crippen molar-refractivity contribution in [1.29, 1.82) is 5.26 Å². The second kappa shape index (κ2) is 5.21. The van der Waals surface area contributed by atoms with Crippen LogP contribution in [0.25, 0.3) is 0 Å². The third-order valence-corrected chi connectivity index (χ3v) is 5.21. The van der Waals surface area contributed by atoms with Crippen LogP contribution in [0.3, 0.4) is 0 Å². The van der Waals surface area contributed by atoms with Crippen molar-refractivity contribution in [3.63, 3.8) is 0 Å². The molecule has 1 heterocycles. The second-order valence-corrected chi connectivity index (χ2v) is 7.33. The molecule has 0 bridgehead atoms. The maximum absolute atomic E-state index is 9.69. The van der Waals surface area contributed by atoms with E-state index in [0.29, 0.717) is 5.41 Å². The summed E-state index contributed by atoms with van der Waals surface area (Å²) in [5.41, 5.74) is 0.283. The van der Waals surface area contributed by atoms with Crippen molar-refractivity contribution < 1.29 is 0 Å². The SMILES string of the molecule is CC(C)(C)C1CCC(C#N)(N2CCCCC2)CC1. The summed E-state index contributed by atoms with van der Waals surface area (Å²) < 4.78 is 0. The Balaban J connectivity index is 2.02. The smallest absolute Gasteiger partial charge is 0.109 e. The number of likely N-dealkylation sites (tertiary alicyclic amines) is 1. The molecule has 0 atom stereocenters. The molecule has 0 amide bonds. The number of rotatable bonds is 1. The van der Waals surface area contributed by atoms with Crippen LogP contribution in [0, 0.1) is 22.7 Å². The van der Waals surface area contributed by atoms with E-state index < -0.39 is 0 Å². The molecule has 2 aliphatic rings. The molecule has 0 N–H and O–H groups in total. The summed E-state index contributed by atoms with van der Waals surface area (Å²) in [6.45, 7) is 9.33. The lowest BCUT2D eigenvalue weighted by molar-refractivity contribution is 0.0405. The number of hydrogen-bond acceptors (Lipinski definition) is 2. The van der Waals surface area contributed by atoms with Gasteiger partial charge in [0.05, 0.1) is 6.07 Å². The highest BCUT2D eigenvalue weighted by Gasteiger charge is 2.43. The van der Waals surface area contributed by atoms with Gasteiger partial charge in [-0.3, -0.25) is 4.90 Å². The fraction of sp³-hybridized carbons (Fsp3) is 0.938. The van der Waals surface area contributed by atoms with Crippen LogP contribution in [0.4, 0.5) is 0 Å². The van der Waals surface area contributed by atoms with E-state index in [9.17, 15) is 5.26 Å². The quantitative estimate of drug-likeness (QED) is 0.702. The third-order valence-electron chi connectivity index (χ3n) is 5.21. The van der Waals surface area contributed by atoms with E-state index in [1.807, 2.05) is 0 Å². The largest absolute Gasteiger partial charge is 0.286 e. The van der Waals surface area contributed by atoms with Gasteiger partial charge >= 0.3 is 0 Å². The molecule has 1 aliphatic carbocycles. The molecule has 0 unspecified atom stereocenters. The van der Waals surface area contributed by atoms with Crippen molar-refractivity contribution >= 4 is 0 Å². The van der Waals surface area contributed by atoms with Crippen LogP contribution in [-0.4, -0.2) is 23.5 Å². The second-order valence-electron chi connectivity index (χ2n) is 7.33. The highest BCUT2D eigenvalue weighted by Crippen LogP contribution is 2.44. The summed E-state index contributed by atoms with van der Waals surface area (Å²) in [5.74, 6) is 0.795. The average Bonchev–Trinajstić information content (AvgIpc) is 2.39. The lowest BCUT2D eigenvalue weighted by Crippen LogP contribution is -2.52. The van der Waals surface area contributed by atoms with Crippen LogP contribution in [-0.2, 0) is 0 Å². The normalized spacial score (nSPS) is 35.1. The zero-order valence-corrected chi connectivity index (χ0v) is 12.3. The van der Waals surface area contributed by atoms with Crippen LogP contribution in [0.15, 0.2) is 0 Å². The Morgan fingerprint density at radius 2 is 1.61 bits per heavy atom. The minimum absolute atomic E-state index is 0.123. The fourth-order valence-electron chi connectivity index (χ4n) is 3.78. The molecule has 0 aromatic heterocycles. The molecule has 18 heavy (non-hydrogen) atoms. The zero-order chi connectivity index (χ0) is 13.2. The lowest BCUT2D eigenvalue weighted by Gasteiger charge is -2.47. The van der Waals surface area contributed by atoms with Crippen LogP contribution >= 0.6 is 0 Å². The summed E-state index contributed by atoms with van der Waals surface area (Å²) in [7, 11) is 0. The molecule has 1 saturated carbocycles. The maximum atomic E-state index is 9.69. The van der Waals surface area contributed by atoms with Gasteiger partial charge in [0.25, 0.3) is 0 Å². The van der Waals surface area contributed by atoms with Crippen molar-refractivity contribution in [1.82, 2.24) is 4.90 Å². The molecular formula is C16H28N2. The van der Waals surface area contributed by atoms with Gasteiger partial charge in [0.2, 0.25) is 0 Å². The van der Waals surface area contributed by atoms with Gasteiger partial charge in [-0.25, -0.2) is 0 Å². The summed E-state index contributed by atoms with van der Waals surface area (Å²) in [6, 6.07) is 2.69. The standard InChI is InChI=1S/C16H28N2/c1-15(2,3)14-7-9-16(13-17,10-8-14)18-11-5-4-6-12-18/h14H,4-12H2,1-3H3. The van der Waals surface area contributed by atoms with Gasteiger partial charge in [0, 0.05) is 0 Å². The van der Waals surface area contributed by atoms with Crippen molar-refractivity contribution in [2.75, 3.05) is 13.1 Å². The number of hydrogen-bond donors (Lipinski definition) is 0. The molecule has 1 aliphatic heterocycles. The minimum Gasteiger partial charge on any atom is -0.286 e. The molecule has 2 rings (SSSR count). The Morgan fingerprint density at radius 1 is 1.06 bits per heavy atom. The van der Waals surface area contributed by atoms with E-state index in [4.69, 9.17) is 0 Å². The monoisotopic (exact) mass is 248 g/mol. The van der Waals surface area contributed by atoms with E-state index in [1.54, 1.807) is 0 Å². The Bertz CT molecular complexity index is 307. The maximum Gasteiger partial charge on any atom is 0.109 e. The third kappa shape index (κ3) is 2.72. The first-order chi connectivity index (χ1) is 8.48. The van der Waals surface area contributed by atoms with Crippen LogP contribution in [0.2, 0.25) is 0 Å². The van der Waals surface area contributed by atoms with Crippen molar-refractivity contribution in [3.05, 3.63) is 0 Å². The molecule has 102 valence electrons. The van der Waals surface area contributed by atoms with Gasteiger partial charge < -0.3 is 0 Å². The van der Waals surface area contributed by atoms with Gasteiger partial charge in [-0.15, -0.1) is 0 Å². The van der Waals surface area contributed by atoms with Crippen LogP contribution in [0.1, 0.15) is 65.7 Å². The number of piperidine rings is 1. The molecule has 1 saturated heterocycles. The highest BCUT2D eigenvalue weighted by molar-refractivity contribution is 5.11. The summed E-state index contributed by atoms with van der Waals surface area (Å²) in [5, 5.41) is 9.69. The first kappa shape index (κ1) is 13.9. The van der Waals surface area contributed by atoms with Crippen molar-refractivity contribution in [3.8, 4) is 6.07 Å². The Kier molecular flexibility index (Phi) is 4.02. The van der Waals surface area contributed by atoms with Gasteiger partial charge in [-0.1, -0.05) is 27.2 Å². The van der Waals surface area contributed by atoms with E-state index >= 15 is 0 Å². The number of nitriles is 1. The van der Waals surface area contributed by atoms with Crippen molar-refractivity contribution in [2.24, 2.45) is 11.3 Å². The first-order valence-corrected chi connectivity index (χ1v) is 7.64. The highest BCUT2D eigenvalue weighted by atomic mass is 15.2. The Labute approximate surface area is 112 Å². The molecule has 2 fully saturated rings. The molecule has 2 heteroatoms. The number of nitrogens with zero attached hydrogens (tertiary/aromatic N) is 2. The summed E-state index contributed by atoms with van der Waals surface area (Å²) >= 11 is 0. The van der Waals surface area contributed by atoms with E-state index in [2.05, 4.69) is 31.7 Å². The van der Waals surface area contributed by atoms with Gasteiger partial charge in [-0.2, -0.15) is 5.26 Å². The minimum atomic E-state index is -0.123. The molecule has 0 radical (unpaired) electrons. The van der Waals surface area contributed by atoms with E-state index in [0.717, 1.165) is 31.8 Å². The summed E-state index contributed by atoms with van der Waals surface area (Å²) in [6.07, 6.45) is 8.55. The molecule has 0 spiro atoms. The molecule has 2 nitrogen and oxygen atoms in total. The van der Waals surface area contributed by atoms with Crippen molar-refractivity contribution in [2.45, 2.75) is 71.3 Å². The average molecular weight is 248 g/mol. The van der Waals surface area contributed by atoms with E-state index in [1.165, 1.54) is 32.1 Å². The predicted octanol–water partition coefficient (Wildman–Crippen LogP) is 3.97. The van der Waals surface area contributed by atoms with Gasteiger partial charge in [-0.05, 0) is 62.9 Å². The molecular weight excluding hydrogens is 220 g/mol. The zero-order valence-electron chi connectivity index (χ0n) is 12.3. The van der Waals surface area contributed by atoms with Crippen LogP contribution in [0.5, 0.6) is 0 Å². The lowest BCUT2D eigenvalue weighted by atomic mass is 9.67. The first-order valence-electron chi connectivity index (χ1n) is 7.64. The molecule has 0 aromatic carbocycles. The molecule has 0 aromatic rings. The van der Waals surface area contributed by atoms with E-state index in [-0.39, 0.29) is 5.54 Å². The Morgan fingerprint density at radius 3 is 2.06 bits per heavy atom. The Hall–Kier alpha value is -0.550. The topological polar surface area (TPSA) is 27.0 Å². The predicted molar refractivity (Wildman–Crippen MR) is 75.2 cm³/mol. The van der Waals surface area contributed by atoms with Gasteiger partial charge in [0.1, 0.15) is 5.54 Å². The van der Waals surface area contributed by atoms with Crippen LogP contribution < -0.4 is 0 Å².